The third kappa shape index (κ3) is 2.41. The number of halogens is 1. The van der Waals surface area contributed by atoms with Crippen LogP contribution in [0.3, 0.4) is 0 Å². The molecule has 2 rings (SSSR count). The molecule has 0 aliphatic carbocycles. The summed E-state index contributed by atoms with van der Waals surface area (Å²) >= 11 is 0. The van der Waals surface area contributed by atoms with E-state index in [4.69, 9.17) is 10.7 Å². The van der Waals surface area contributed by atoms with E-state index in [0.29, 0.717) is 17.8 Å². The van der Waals surface area contributed by atoms with E-state index in [-0.39, 0.29) is 22.4 Å². The van der Waals surface area contributed by atoms with E-state index in [2.05, 4.69) is 5.10 Å². The number of nitrogens with zero attached hydrogens (tertiary/aromatic N) is 2. The van der Waals surface area contributed by atoms with Crippen molar-refractivity contribution in [3.05, 3.63) is 11.4 Å². The summed E-state index contributed by atoms with van der Waals surface area (Å²) in [5.74, 6) is 0.107. The van der Waals surface area contributed by atoms with E-state index in [0.717, 1.165) is 0 Å². The average Bonchev–Trinajstić information content (AvgIpc) is 2.65. The maximum atomic E-state index is 11.4. The van der Waals surface area contributed by atoms with Crippen molar-refractivity contribution >= 4 is 29.6 Å². The molecule has 0 saturated carbocycles. The number of aromatic nitrogens is 2. The molecule has 102 valence electrons. The van der Waals surface area contributed by atoms with Gasteiger partial charge < -0.3 is 0 Å². The number of hydrogen-bond acceptors (Lipinski definition) is 5. The highest BCUT2D eigenvalue weighted by Crippen LogP contribution is 2.29. The summed E-state index contributed by atoms with van der Waals surface area (Å²) in [6, 6.07) is -0.305. The molecule has 0 amide bonds. The number of hydrogen-bond donors (Lipinski definition) is 0. The predicted octanol–water partition coefficient (Wildman–Crippen LogP) is 0.787. The van der Waals surface area contributed by atoms with Crippen LogP contribution in [0.15, 0.2) is 4.90 Å². The van der Waals surface area contributed by atoms with Gasteiger partial charge in [0.2, 0.25) is 0 Å². The van der Waals surface area contributed by atoms with Crippen molar-refractivity contribution < 1.29 is 16.8 Å². The van der Waals surface area contributed by atoms with Gasteiger partial charge in [0.05, 0.1) is 28.9 Å². The second-order valence-electron chi connectivity index (χ2n) is 4.44. The minimum absolute atomic E-state index is 0.00324. The molecular weight excluding hydrogens is 300 g/mol. The van der Waals surface area contributed by atoms with Crippen molar-refractivity contribution in [2.75, 3.05) is 11.5 Å². The number of rotatable bonds is 2. The van der Waals surface area contributed by atoms with Crippen LogP contribution in [0, 0.1) is 13.8 Å². The van der Waals surface area contributed by atoms with Crippen molar-refractivity contribution in [3.63, 3.8) is 0 Å². The quantitative estimate of drug-likeness (QED) is 0.753. The topological polar surface area (TPSA) is 86.1 Å². The summed E-state index contributed by atoms with van der Waals surface area (Å²) in [5, 5.41) is 4.11. The van der Waals surface area contributed by atoms with Gasteiger partial charge in [-0.25, -0.2) is 16.8 Å². The van der Waals surface area contributed by atoms with Gasteiger partial charge in [0.15, 0.2) is 9.84 Å². The summed E-state index contributed by atoms with van der Waals surface area (Å²) in [6.45, 7) is 3.13. The average molecular weight is 313 g/mol. The van der Waals surface area contributed by atoms with E-state index in [1.54, 1.807) is 13.8 Å². The molecule has 18 heavy (non-hydrogen) atoms. The largest absolute Gasteiger partial charge is 0.264 e. The van der Waals surface area contributed by atoms with Gasteiger partial charge in [0.25, 0.3) is 9.05 Å². The van der Waals surface area contributed by atoms with Crippen molar-refractivity contribution in [1.29, 1.82) is 0 Å². The van der Waals surface area contributed by atoms with E-state index >= 15 is 0 Å². The van der Waals surface area contributed by atoms with Gasteiger partial charge in [-0.05, 0) is 20.3 Å². The van der Waals surface area contributed by atoms with Crippen molar-refractivity contribution in [1.82, 2.24) is 9.78 Å². The second-order valence-corrected chi connectivity index (χ2v) is 9.17. The van der Waals surface area contributed by atoms with Gasteiger partial charge >= 0.3 is 0 Å². The van der Waals surface area contributed by atoms with Crippen LogP contribution in [0.1, 0.15) is 23.9 Å². The molecule has 0 radical (unpaired) electrons. The lowest BCUT2D eigenvalue weighted by Crippen LogP contribution is -2.14. The highest BCUT2D eigenvalue weighted by Gasteiger charge is 2.33. The van der Waals surface area contributed by atoms with Crippen LogP contribution in [0.2, 0.25) is 0 Å². The van der Waals surface area contributed by atoms with Gasteiger partial charge in [-0.15, -0.1) is 0 Å². The third-order valence-electron chi connectivity index (χ3n) is 3.06. The Balaban J connectivity index is 2.50. The SMILES string of the molecule is Cc1nn([C@H]2CCS(=O)(=O)C2)c(C)c1S(=O)(=O)Cl. The first-order chi connectivity index (χ1) is 8.12. The zero-order valence-electron chi connectivity index (χ0n) is 9.92. The Morgan fingerprint density at radius 2 is 2.00 bits per heavy atom. The fraction of sp³-hybridized carbons (Fsp3) is 0.667. The van der Waals surface area contributed by atoms with Crippen LogP contribution >= 0.6 is 10.7 Å². The van der Waals surface area contributed by atoms with Crippen molar-refractivity contribution in [3.8, 4) is 0 Å². The molecule has 0 aromatic carbocycles. The second kappa shape index (κ2) is 4.21. The Bertz CT molecular complexity index is 690. The minimum Gasteiger partial charge on any atom is -0.264 e. The van der Waals surface area contributed by atoms with E-state index in [9.17, 15) is 16.8 Å². The van der Waals surface area contributed by atoms with Crippen molar-refractivity contribution in [2.24, 2.45) is 0 Å². The fourth-order valence-electron chi connectivity index (χ4n) is 2.32. The van der Waals surface area contributed by atoms with Gasteiger partial charge in [0.1, 0.15) is 4.90 Å². The maximum Gasteiger partial charge on any atom is 0.264 e. The predicted molar refractivity (Wildman–Crippen MR) is 67.0 cm³/mol. The fourth-order valence-corrected chi connectivity index (χ4v) is 5.53. The highest BCUT2D eigenvalue weighted by atomic mass is 35.7. The zero-order valence-corrected chi connectivity index (χ0v) is 12.3. The first kappa shape index (κ1) is 13.8. The van der Waals surface area contributed by atoms with E-state index in [1.165, 1.54) is 4.68 Å². The normalized spacial score (nSPS) is 23.4. The van der Waals surface area contributed by atoms with Crippen molar-refractivity contribution in [2.45, 2.75) is 31.2 Å². The Hall–Kier alpha value is -0.600. The van der Waals surface area contributed by atoms with Crippen LogP contribution in [-0.2, 0) is 18.9 Å². The molecule has 1 aromatic heterocycles. The minimum atomic E-state index is -3.86. The highest BCUT2D eigenvalue weighted by molar-refractivity contribution is 8.13. The molecular formula is C9H13ClN2O4S2. The molecule has 9 heteroatoms. The summed E-state index contributed by atoms with van der Waals surface area (Å²) in [7, 11) is -1.56. The number of sulfone groups is 1. The Labute approximate surface area is 110 Å². The van der Waals surface area contributed by atoms with Crippen LogP contribution in [0.25, 0.3) is 0 Å². The number of aryl methyl sites for hydroxylation is 1. The van der Waals surface area contributed by atoms with Gasteiger partial charge in [-0.1, -0.05) is 0 Å². The molecule has 1 aliphatic heterocycles. The molecule has 1 fully saturated rings. The van der Waals surface area contributed by atoms with Gasteiger partial charge in [-0.3, -0.25) is 4.68 Å². The maximum absolute atomic E-state index is 11.4. The van der Waals surface area contributed by atoms with Crippen LogP contribution in [0.5, 0.6) is 0 Å². The molecule has 0 bridgehead atoms. The monoisotopic (exact) mass is 312 g/mol. The molecule has 0 spiro atoms. The lowest BCUT2D eigenvalue weighted by molar-refractivity contribution is 0.484. The van der Waals surface area contributed by atoms with Crippen LogP contribution in [-0.4, -0.2) is 38.1 Å². The lowest BCUT2D eigenvalue weighted by atomic mass is 10.2. The standard InChI is InChI=1S/C9H13ClN2O4S2/c1-6-9(18(10,15)16)7(2)12(11-6)8-3-4-17(13,14)5-8/h8H,3-5H2,1-2H3/t8-/m0/s1. The molecule has 0 N–H and O–H groups in total. The smallest absolute Gasteiger partial charge is 0.264 e. The van der Waals surface area contributed by atoms with Crippen LogP contribution in [0.4, 0.5) is 0 Å². The summed E-state index contributed by atoms with van der Waals surface area (Å²) in [5.41, 5.74) is 0.691. The summed E-state index contributed by atoms with van der Waals surface area (Å²) in [6.07, 6.45) is 0.450. The molecule has 1 aromatic rings. The van der Waals surface area contributed by atoms with Gasteiger partial charge in [0, 0.05) is 10.7 Å². The first-order valence-electron chi connectivity index (χ1n) is 5.32. The van der Waals surface area contributed by atoms with E-state index in [1.807, 2.05) is 0 Å². The first-order valence-corrected chi connectivity index (χ1v) is 9.46. The Kier molecular flexibility index (Phi) is 3.23. The van der Waals surface area contributed by atoms with E-state index < -0.39 is 18.9 Å². The third-order valence-corrected chi connectivity index (χ3v) is 6.35. The summed E-state index contributed by atoms with van der Waals surface area (Å²) < 4.78 is 47.2. The van der Waals surface area contributed by atoms with Crippen LogP contribution < -0.4 is 0 Å². The molecule has 1 aliphatic rings. The Morgan fingerprint density at radius 3 is 2.39 bits per heavy atom. The summed E-state index contributed by atoms with van der Waals surface area (Å²) in [4.78, 5) is -0.0199. The zero-order chi connectivity index (χ0) is 13.7. The molecule has 6 nitrogen and oxygen atoms in total. The molecule has 0 unspecified atom stereocenters. The molecule has 2 heterocycles. The lowest BCUT2D eigenvalue weighted by Gasteiger charge is -2.10. The van der Waals surface area contributed by atoms with Gasteiger partial charge in [-0.2, -0.15) is 5.10 Å². The molecule has 1 saturated heterocycles. The molecule has 1 atom stereocenters. The Morgan fingerprint density at radius 1 is 1.39 bits per heavy atom.